The molecule has 1 unspecified atom stereocenters. The summed E-state index contributed by atoms with van der Waals surface area (Å²) in [7, 11) is 0. The Labute approximate surface area is 114 Å². The van der Waals surface area contributed by atoms with Crippen molar-refractivity contribution in [1.82, 2.24) is 0 Å². The van der Waals surface area contributed by atoms with E-state index in [1.54, 1.807) is 6.92 Å². The molecule has 0 spiro atoms. The number of nitrogens with zero attached hydrogens (tertiary/aromatic N) is 1. The molecule has 1 atom stereocenters. The number of hydrogen-bond acceptors (Lipinski definition) is 6. The van der Waals surface area contributed by atoms with Gasteiger partial charge in [-0.2, -0.15) is 0 Å². The van der Waals surface area contributed by atoms with E-state index in [-0.39, 0.29) is 30.2 Å². The molecule has 0 fully saturated rings. The molecule has 2 N–H and O–H groups in total. The Hall–Kier alpha value is -2.22. The van der Waals surface area contributed by atoms with Gasteiger partial charge in [-0.25, -0.2) is 4.39 Å². The molecule has 0 aliphatic carbocycles. The number of benzene rings is 1. The third-order valence-electron chi connectivity index (χ3n) is 2.45. The van der Waals surface area contributed by atoms with Crippen LogP contribution in [0.25, 0.3) is 0 Å². The maximum absolute atomic E-state index is 13.6. The van der Waals surface area contributed by atoms with Crippen LogP contribution in [0.5, 0.6) is 5.75 Å². The van der Waals surface area contributed by atoms with Crippen LogP contribution in [-0.2, 0) is 9.53 Å². The number of aryl methyl sites for hydroxylation is 1. The van der Waals surface area contributed by atoms with Gasteiger partial charge >= 0.3 is 5.97 Å². The van der Waals surface area contributed by atoms with Crippen LogP contribution in [0.15, 0.2) is 12.1 Å². The van der Waals surface area contributed by atoms with Crippen molar-refractivity contribution < 1.29 is 23.6 Å². The van der Waals surface area contributed by atoms with Gasteiger partial charge in [-0.1, -0.05) is 0 Å². The van der Waals surface area contributed by atoms with Crippen LogP contribution in [0.2, 0.25) is 0 Å². The zero-order valence-electron chi connectivity index (χ0n) is 11.1. The van der Waals surface area contributed by atoms with E-state index < -0.39 is 22.8 Å². The van der Waals surface area contributed by atoms with Gasteiger partial charge in [-0.05, 0) is 19.9 Å². The SMILES string of the molecule is CCOC(=O)C(N)COc1cc(C)c([N+](=O)[O-])cc1F. The van der Waals surface area contributed by atoms with Crippen LogP contribution in [0.3, 0.4) is 0 Å². The normalized spacial score (nSPS) is 11.8. The average Bonchev–Trinajstić information content (AvgIpc) is 2.38. The molecule has 0 aliphatic heterocycles. The molecule has 0 saturated heterocycles. The lowest BCUT2D eigenvalue weighted by Gasteiger charge is -2.13. The summed E-state index contributed by atoms with van der Waals surface area (Å²) in [5, 5.41) is 10.6. The molecule has 110 valence electrons. The third-order valence-corrected chi connectivity index (χ3v) is 2.45. The largest absolute Gasteiger partial charge is 0.488 e. The Morgan fingerprint density at radius 1 is 1.55 bits per heavy atom. The van der Waals surface area contributed by atoms with Crippen molar-refractivity contribution in [3.8, 4) is 5.75 Å². The minimum atomic E-state index is -1.05. The molecule has 0 heterocycles. The van der Waals surface area contributed by atoms with Gasteiger partial charge in [0.25, 0.3) is 5.69 Å². The Kier molecular flexibility index (Phi) is 5.39. The number of nitrogens with two attached hydrogens (primary N) is 1. The molecule has 0 aliphatic rings. The predicted molar refractivity (Wildman–Crippen MR) is 67.9 cm³/mol. The molecule has 1 aromatic carbocycles. The summed E-state index contributed by atoms with van der Waals surface area (Å²) in [5.41, 5.74) is 5.39. The fraction of sp³-hybridized carbons (Fsp3) is 0.417. The quantitative estimate of drug-likeness (QED) is 0.480. The number of carbonyl (C=O) groups is 1. The number of halogens is 1. The molecule has 1 rings (SSSR count). The summed E-state index contributed by atoms with van der Waals surface area (Å²) in [6.07, 6.45) is 0. The summed E-state index contributed by atoms with van der Waals surface area (Å²) in [4.78, 5) is 21.2. The van der Waals surface area contributed by atoms with Gasteiger partial charge in [0.15, 0.2) is 11.6 Å². The van der Waals surface area contributed by atoms with Crippen LogP contribution in [0.4, 0.5) is 10.1 Å². The fourth-order valence-corrected chi connectivity index (χ4v) is 1.45. The van der Waals surface area contributed by atoms with E-state index in [2.05, 4.69) is 4.74 Å². The van der Waals surface area contributed by atoms with Crippen molar-refractivity contribution in [1.29, 1.82) is 0 Å². The van der Waals surface area contributed by atoms with Crippen molar-refractivity contribution >= 4 is 11.7 Å². The van der Waals surface area contributed by atoms with E-state index in [1.807, 2.05) is 0 Å². The Balaban J connectivity index is 2.76. The second-order valence-corrected chi connectivity index (χ2v) is 4.00. The molecular weight excluding hydrogens is 271 g/mol. The van der Waals surface area contributed by atoms with Crippen LogP contribution < -0.4 is 10.5 Å². The van der Waals surface area contributed by atoms with E-state index in [0.717, 1.165) is 6.07 Å². The number of nitro benzene ring substituents is 1. The van der Waals surface area contributed by atoms with Crippen LogP contribution in [-0.4, -0.2) is 30.1 Å². The first-order chi connectivity index (χ1) is 9.36. The van der Waals surface area contributed by atoms with Gasteiger partial charge in [-0.15, -0.1) is 0 Å². The fourth-order valence-electron chi connectivity index (χ4n) is 1.45. The molecule has 8 heteroatoms. The maximum Gasteiger partial charge on any atom is 0.326 e. The van der Waals surface area contributed by atoms with E-state index >= 15 is 0 Å². The topological polar surface area (TPSA) is 105 Å². The molecule has 0 bridgehead atoms. The van der Waals surface area contributed by atoms with Crippen molar-refractivity contribution in [2.45, 2.75) is 19.9 Å². The maximum atomic E-state index is 13.6. The number of ether oxygens (including phenoxy) is 2. The first-order valence-corrected chi connectivity index (χ1v) is 5.86. The van der Waals surface area contributed by atoms with Gasteiger partial charge < -0.3 is 15.2 Å². The molecule has 0 radical (unpaired) electrons. The standard InChI is InChI=1S/C12H15FN2O5/c1-3-19-12(16)9(14)6-20-11-4-7(2)10(15(17)18)5-8(11)13/h4-5,9H,3,6,14H2,1-2H3. The van der Waals surface area contributed by atoms with E-state index in [9.17, 15) is 19.3 Å². The Morgan fingerprint density at radius 2 is 2.20 bits per heavy atom. The second kappa shape index (κ2) is 6.80. The summed E-state index contributed by atoms with van der Waals surface area (Å²) >= 11 is 0. The third kappa shape index (κ3) is 3.89. The smallest absolute Gasteiger partial charge is 0.326 e. The molecule has 20 heavy (non-hydrogen) atoms. The van der Waals surface area contributed by atoms with Crippen LogP contribution >= 0.6 is 0 Å². The minimum absolute atomic E-state index is 0.178. The van der Waals surface area contributed by atoms with Crippen molar-refractivity contribution in [3.05, 3.63) is 33.6 Å². The monoisotopic (exact) mass is 286 g/mol. The first-order valence-electron chi connectivity index (χ1n) is 5.86. The lowest BCUT2D eigenvalue weighted by molar-refractivity contribution is -0.385. The molecule has 0 amide bonds. The lowest BCUT2D eigenvalue weighted by Crippen LogP contribution is -2.37. The highest BCUT2D eigenvalue weighted by Gasteiger charge is 2.19. The zero-order valence-corrected chi connectivity index (χ0v) is 11.1. The Bertz CT molecular complexity index is 521. The first kappa shape index (κ1) is 15.8. The molecule has 1 aromatic rings. The molecule has 0 saturated carbocycles. The van der Waals surface area contributed by atoms with Crippen LogP contribution in [0.1, 0.15) is 12.5 Å². The minimum Gasteiger partial charge on any atom is -0.488 e. The summed E-state index contributed by atoms with van der Waals surface area (Å²) < 4.78 is 23.3. The lowest BCUT2D eigenvalue weighted by atomic mass is 10.2. The highest BCUT2D eigenvalue weighted by atomic mass is 19.1. The summed E-state index contributed by atoms with van der Waals surface area (Å²) in [6.45, 7) is 2.98. The van der Waals surface area contributed by atoms with Crippen LogP contribution in [0, 0.1) is 22.9 Å². The average molecular weight is 286 g/mol. The van der Waals surface area contributed by atoms with Gasteiger partial charge in [-0.3, -0.25) is 14.9 Å². The molecular formula is C12H15FN2O5. The number of rotatable bonds is 6. The van der Waals surface area contributed by atoms with E-state index in [0.29, 0.717) is 0 Å². The molecule has 7 nitrogen and oxygen atoms in total. The van der Waals surface area contributed by atoms with Crippen molar-refractivity contribution in [2.24, 2.45) is 5.73 Å². The highest BCUT2D eigenvalue weighted by Crippen LogP contribution is 2.26. The molecule has 0 aromatic heterocycles. The van der Waals surface area contributed by atoms with Crippen molar-refractivity contribution in [3.63, 3.8) is 0 Å². The number of esters is 1. The van der Waals surface area contributed by atoms with Gasteiger partial charge in [0, 0.05) is 5.56 Å². The van der Waals surface area contributed by atoms with Gasteiger partial charge in [0.1, 0.15) is 12.6 Å². The van der Waals surface area contributed by atoms with Gasteiger partial charge in [0.2, 0.25) is 0 Å². The van der Waals surface area contributed by atoms with E-state index in [4.69, 9.17) is 10.5 Å². The Morgan fingerprint density at radius 3 is 2.75 bits per heavy atom. The predicted octanol–water partition coefficient (Wildman–Crippen LogP) is 1.31. The summed E-state index contributed by atoms with van der Waals surface area (Å²) in [6, 6.07) is 0.899. The van der Waals surface area contributed by atoms with E-state index in [1.165, 1.54) is 13.0 Å². The second-order valence-electron chi connectivity index (χ2n) is 4.00. The number of carbonyl (C=O) groups excluding carboxylic acids is 1. The summed E-state index contributed by atoms with van der Waals surface area (Å²) in [5.74, 6) is -1.75. The van der Waals surface area contributed by atoms with Gasteiger partial charge in [0.05, 0.1) is 17.6 Å². The number of hydrogen-bond donors (Lipinski definition) is 1. The highest BCUT2D eigenvalue weighted by molar-refractivity contribution is 5.75. The zero-order chi connectivity index (χ0) is 15.3. The number of nitro groups is 1. The van der Waals surface area contributed by atoms with Crippen molar-refractivity contribution in [2.75, 3.05) is 13.2 Å².